The van der Waals surface area contributed by atoms with Crippen LogP contribution >= 0.6 is 38.5 Å². The molecule has 0 N–H and O–H groups in total. The average molecular weight is 415 g/mol. The molecule has 0 fully saturated rings. The first-order valence-corrected chi connectivity index (χ1v) is 7.30. The summed E-state index contributed by atoms with van der Waals surface area (Å²) < 4.78 is 7.83. The molecule has 1 heterocycles. The highest BCUT2D eigenvalue weighted by molar-refractivity contribution is 14.1. The van der Waals surface area contributed by atoms with Crippen LogP contribution in [0.1, 0.15) is 15.9 Å². The Morgan fingerprint density at radius 2 is 1.89 bits per heavy atom. The van der Waals surface area contributed by atoms with Crippen LogP contribution in [0.15, 0.2) is 40.9 Å². The van der Waals surface area contributed by atoms with Gasteiger partial charge in [0.25, 0.3) is 0 Å². The zero-order valence-corrected chi connectivity index (χ0v) is 13.0. The molecular formula is C14H8BrIO2. The zero-order chi connectivity index (χ0) is 12.7. The lowest BCUT2D eigenvalue weighted by molar-refractivity contribution is 0.0993. The molecule has 0 unspecified atom stereocenters. The van der Waals surface area contributed by atoms with Crippen molar-refractivity contribution in [3.8, 4) is 11.5 Å². The summed E-state index contributed by atoms with van der Waals surface area (Å²) in [6, 6.07) is 11.4. The first-order valence-electron chi connectivity index (χ1n) is 5.42. The maximum atomic E-state index is 12.2. The molecule has 2 nitrogen and oxygen atoms in total. The lowest BCUT2D eigenvalue weighted by Gasteiger charge is -2.08. The molecule has 4 heteroatoms. The smallest absolute Gasteiger partial charge is 0.171 e. The van der Waals surface area contributed by atoms with Gasteiger partial charge in [-0.2, -0.15) is 0 Å². The first kappa shape index (κ1) is 12.2. The predicted molar refractivity (Wildman–Crippen MR) is 81.4 cm³/mol. The number of halogens is 2. The molecule has 3 rings (SSSR count). The molecule has 0 saturated carbocycles. The Balaban J connectivity index is 2.16. The van der Waals surface area contributed by atoms with E-state index in [4.69, 9.17) is 4.74 Å². The lowest BCUT2D eigenvalue weighted by atomic mass is 10.0. The Labute approximate surface area is 127 Å². The monoisotopic (exact) mass is 414 g/mol. The summed E-state index contributed by atoms with van der Waals surface area (Å²) in [7, 11) is 0. The quantitative estimate of drug-likeness (QED) is 0.589. The van der Waals surface area contributed by atoms with Crippen LogP contribution in [0.5, 0.6) is 11.5 Å². The summed E-state index contributed by atoms with van der Waals surface area (Å²) in [5.74, 6) is 1.49. The lowest BCUT2D eigenvalue weighted by Crippen LogP contribution is -2.02. The van der Waals surface area contributed by atoms with Crippen molar-refractivity contribution in [3.05, 3.63) is 55.6 Å². The number of carbonyl (C=O) groups is 1. The topological polar surface area (TPSA) is 26.3 Å². The second-order valence-electron chi connectivity index (χ2n) is 4.09. The Morgan fingerprint density at radius 1 is 1.11 bits per heavy atom. The molecule has 0 amide bonds. The Morgan fingerprint density at radius 3 is 2.72 bits per heavy atom. The van der Waals surface area contributed by atoms with Gasteiger partial charge in [-0.3, -0.25) is 4.79 Å². The summed E-state index contributed by atoms with van der Waals surface area (Å²) in [6.45, 7) is 0. The minimum atomic E-state index is 0.0976. The zero-order valence-electron chi connectivity index (χ0n) is 9.24. The van der Waals surface area contributed by atoms with Gasteiger partial charge in [-0.15, -0.1) is 0 Å². The number of hydrogen-bond donors (Lipinski definition) is 0. The van der Waals surface area contributed by atoms with Crippen molar-refractivity contribution in [2.75, 3.05) is 0 Å². The molecule has 0 aromatic heterocycles. The molecule has 1 aliphatic rings. The van der Waals surface area contributed by atoms with Crippen LogP contribution in [0.2, 0.25) is 0 Å². The highest BCUT2D eigenvalue weighted by Crippen LogP contribution is 2.35. The van der Waals surface area contributed by atoms with Crippen LogP contribution in [0.4, 0.5) is 0 Å². The standard InChI is InChI=1S/C14H8BrIO2/c15-9-1-3-13-8(5-9)6-12(17)11-7-10(16)2-4-14(11)18-13/h1-5,7H,6H2. The molecule has 0 aliphatic carbocycles. The van der Waals surface area contributed by atoms with Crippen LogP contribution in [-0.2, 0) is 6.42 Å². The summed E-state index contributed by atoms with van der Waals surface area (Å²) in [4.78, 5) is 12.2. The van der Waals surface area contributed by atoms with E-state index in [1.54, 1.807) is 0 Å². The second kappa shape index (κ2) is 4.66. The van der Waals surface area contributed by atoms with Crippen LogP contribution in [0.25, 0.3) is 0 Å². The van der Waals surface area contributed by atoms with Crippen LogP contribution in [0, 0.1) is 3.57 Å². The van der Waals surface area contributed by atoms with Gasteiger partial charge in [0.15, 0.2) is 5.78 Å². The maximum absolute atomic E-state index is 12.2. The summed E-state index contributed by atoms with van der Waals surface area (Å²) >= 11 is 5.61. The third-order valence-electron chi connectivity index (χ3n) is 2.84. The third kappa shape index (κ3) is 2.19. The number of hydrogen-bond acceptors (Lipinski definition) is 2. The summed E-state index contributed by atoms with van der Waals surface area (Å²) in [6.07, 6.45) is 0.377. The molecule has 0 radical (unpaired) electrons. The molecule has 0 atom stereocenters. The number of Topliss-reactive ketones (excluding diaryl/α,β-unsaturated/α-hetero) is 1. The van der Waals surface area contributed by atoms with Gasteiger partial charge in [-0.25, -0.2) is 0 Å². The fraction of sp³-hybridized carbons (Fsp3) is 0.0714. The minimum Gasteiger partial charge on any atom is -0.456 e. The molecule has 18 heavy (non-hydrogen) atoms. The largest absolute Gasteiger partial charge is 0.456 e. The Kier molecular flexibility index (Phi) is 3.15. The number of ether oxygens (including phenoxy) is 1. The molecule has 90 valence electrons. The van der Waals surface area contributed by atoms with Gasteiger partial charge >= 0.3 is 0 Å². The number of fused-ring (bicyclic) bond motifs is 2. The number of ketones is 1. The van der Waals surface area contributed by atoms with Gasteiger partial charge in [-0.05, 0) is 59.0 Å². The van der Waals surface area contributed by atoms with Crippen molar-refractivity contribution < 1.29 is 9.53 Å². The SMILES string of the molecule is O=C1Cc2cc(Br)ccc2Oc2ccc(I)cc21. The Hall–Kier alpha value is -0.880. The number of carbonyl (C=O) groups excluding carboxylic acids is 1. The average Bonchev–Trinajstić information content (AvgIpc) is 2.46. The third-order valence-corrected chi connectivity index (χ3v) is 4.00. The maximum Gasteiger partial charge on any atom is 0.171 e. The van der Waals surface area contributed by atoms with E-state index < -0.39 is 0 Å². The van der Waals surface area contributed by atoms with Gasteiger partial charge in [0.1, 0.15) is 11.5 Å². The molecular weight excluding hydrogens is 407 g/mol. The van der Waals surface area contributed by atoms with E-state index in [9.17, 15) is 4.79 Å². The van der Waals surface area contributed by atoms with Crippen molar-refractivity contribution in [1.82, 2.24) is 0 Å². The fourth-order valence-electron chi connectivity index (χ4n) is 1.98. The molecule has 1 aliphatic heterocycles. The first-order chi connectivity index (χ1) is 8.63. The van der Waals surface area contributed by atoms with E-state index in [1.165, 1.54) is 0 Å². The van der Waals surface area contributed by atoms with Gasteiger partial charge < -0.3 is 4.74 Å². The van der Waals surface area contributed by atoms with Crippen molar-refractivity contribution in [2.45, 2.75) is 6.42 Å². The molecule has 2 aromatic rings. The van der Waals surface area contributed by atoms with Crippen molar-refractivity contribution in [1.29, 1.82) is 0 Å². The summed E-state index contributed by atoms with van der Waals surface area (Å²) in [5.41, 5.74) is 1.58. The number of rotatable bonds is 0. The van der Waals surface area contributed by atoms with Gasteiger partial charge in [-0.1, -0.05) is 15.9 Å². The van der Waals surface area contributed by atoms with Crippen molar-refractivity contribution >= 4 is 44.3 Å². The van der Waals surface area contributed by atoms with Crippen LogP contribution in [0.3, 0.4) is 0 Å². The van der Waals surface area contributed by atoms with E-state index in [0.717, 1.165) is 19.4 Å². The molecule has 0 spiro atoms. The Bertz CT molecular complexity index is 652. The van der Waals surface area contributed by atoms with Gasteiger partial charge in [0.05, 0.1) is 5.56 Å². The van der Waals surface area contributed by atoms with E-state index in [0.29, 0.717) is 17.7 Å². The predicted octanol–water partition coefficient (Wildman–Crippen LogP) is 4.58. The van der Waals surface area contributed by atoms with Gasteiger partial charge in [0, 0.05) is 20.0 Å². The van der Waals surface area contributed by atoms with E-state index in [1.807, 2.05) is 36.4 Å². The minimum absolute atomic E-state index is 0.0976. The number of benzene rings is 2. The molecule has 2 aromatic carbocycles. The highest BCUT2D eigenvalue weighted by Gasteiger charge is 2.21. The fourth-order valence-corrected chi connectivity index (χ4v) is 2.88. The molecule has 0 bridgehead atoms. The second-order valence-corrected chi connectivity index (χ2v) is 6.26. The normalized spacial score (nSPS) is 13.3. The van der Waals surface area contributed by atoms with Crippen LogP contribution in [-0.4, -0.2) is 5.78 Å². The summed E-state index contributed by atoms with van der Waals surface area (Å²) in [5, 5.41) is 0. The van der Waals surface area contributed by atoms with E-state index in [-0.39, 0.29) is 5.78 Å². The van der Waals surface area contributed by atoms with Crippen molar-refractivity contribution in [3.63, 3.8) is 0 Å². The van der Waals surface area contributed by atoms with E-state index in [2.05, 4.69) is 38.5 Å². The van der Waals surface area contributed by atoms with Gasteiger partial charge in [0.2, 0.25) is 0 Å². The van der Waals surface area contributed by atoms with E-state index >= 15 is 0 Å². The van der Waals surface area contributed by atoms with Crippen molar-refractivity contribution in [2.24, 2.45) is 0 Å². The highest BCUT2D eigenvalue weighted by atomic mass is 127. The molecule has 0 saturated heterocycles. The van der Waals surface area contributed by atoms with Crippen LogP contribution < -0.4 is 4.74 Å².